The molecule has 1 amide bonds. The first-order valence-electron chi connectivity index (χ1n) is 26.1. The van der Waals surface area contributed by atoms with Crippen LogP contribution in [0, 0.1) is 0 Å². The number of aliphatic hydroxyl groups is 4. The monoisotopic (exact) mass is 822 g/mol. The first-order chi connectivity index (χ1) is 28.5. The van der Waals surface area contributed by atoms with Crippen molar-refractivity contribution in [1.82, 2.24) is 5.32 Å². The van der Waals surface area contributed by atoms with Gasteiger partial charge in [0.2, 0.25) is 5.91 Å². The van der Waals surface area contributed by atoms with Crippen LogP contribution in [0.25, 0.3) is 0 Å². The van der Waals surface area contributed by atoms with Crippen molar-refractivity contribution in [3.8, 4) is 0 Å². The lowest BCUT2D eigenvalue weighted by molar-refractivity contribution is -0.132. The fourth-order valence-electron chi connectivity index (χ4n) is 8.34. The summed E-state index contributed by atoms with van der Waals surface area (Å²) in [4.78, 5) is 12.6. The summed E-state index contributed by atoms with van der Waals surface area (Å²) in [5.41, 5.74) is 0. The third kappa shape index (κ3) is 40.5. The van der Waals surface area contributed by atoms with Crippen LogP contribution < -0.4 is 5.32 Å². The molecule has 0 aliphatic heterocycles. The second-order valence-corrected chi connectivity index (χ2v) is 18.2. The summed E-state index contributed by atoms with van der Waals surface area (Å²) in [6.07, 6.45) is 54.0. The lowest BCUT2D eigenvalue weighted by Crippen LogP contribution is -2.53. The minimum absolute atomic E-state index is 0.367. The molecule has 0 aliphatic rings. The zero-order chi connectivity index (χ0) is 42.4. The van der Waals surface area contributed by atoms with Crippen molar-refractivity contribution in [1.29, 1.82) is 0 Å². The number of nitrogens with one attached hydrogen (secondary N) is 1. The average molecular weight is 822 g/mol. The highest BCUT2D eigenvalue weighted by molar-refractivity contribution is 5.80. The molecule has 0 spiro atoms. The smallest absolute Gasteiger partial charge is 0.249 e. The number of carbonyl (C=O) groups excluding carboxylic acids is 1. The Bertz CT molecular complexity index is 837. The van der Waals surface area contributed by atoms with Crippen molar-refractivity contribution in [3.63, 3.8) is 0 Å². The van der Waals surface area contributed by atoms with Gasteiger partial charge in [0.05, 0.1) is 18.8 Å². The van der Waals surface area contributed by atoms with Gasteiger partial charge in [0.15, 0.2) is 0 Å². The molecule has 0 aromatic heterocycles. The molecule has 0 saturated carbocycles. The van der Waals surface area contributed by atoms with E-state index in [0.29, 0.717) is 12.8 Å². The largest absolute Gasteiger partial charge is 0.394 e. The zero-order valence-electron chi connectivity index (χ0n) is 39.1. The fourth-order valence-corrected chi connectivity index (χ4v) is 8.34. The maximum absolute atomic E-state index is 12.6. The first-order valence-corrected chi connectivity index (χ1v) is 26.1. The first kappa shape index (κ1) is 57.1. The Kier molecular flexibility index (Phi) is 46.3. The van der Waals surface area contributed by atoms with Gasteiger partial charge in [0.1, 0.15) is 12.2 Å². The Morgan fingerprint density at radius 2 is 0.690 bits per heavy atom. The number of hydrogen-bond acceptors (Lipinski definition) is 5. The summed E-state index contributed by atoms with van der Waals surface area (Å²) in [5.74, 6) is -0.583. The molecular formula is C52H103NO5. The molecule has 0 saturated heterocycles. The van der Waals surface area contributed by atoms with Crippen LogP contribution in [-0.4, -0.2) is 57.3 Å². The molecule has 0 bridgehead atoms. The molecule has 4 atom stereocenters. The quantitative estimate of drug-likeness (QED) is 0.0310. The summed E-state index contributed by atoms with van der Waals surface area (Å²) in [6.45, 7) is 4.08. The average Bonchev–Trinajstić information content (AvgIpc) is 3.23. The van der Waals surface area contributed by atoms with Gasteiger partial charge in [-0.05, 0) is 38.5 Å². The maximum atomic E-state index is 12.6. The molecule has 0 fully saturated rings. The van der Waals surface area contributed by atoms with E-state index in [1.807, 2.05) is 0 Å². The molecule has 58 heavy (non-hydrogen) atoms. The van der Waals surface area contributed by atoms with E-state index in [-0.39, 0.29) is 0 Å². The van der Waals surface area contributed by atoms with Crippen molar-refractivity contribution in [2.75, 3.05) is 6.61 Å². The Balaban J connectivity index is 3.65. The van der Waals surface area contributed by atoms with E-state index in [2.05, 4.69) is 31.3 Å². The van der Waals surface area contributed by atoms with E-state index in [4.69, 9.17) is 0 Å². The number of amides is 1. The molecule has 5 N–H and O–H groups in total. The highest BCUT2D eigenvalue weighted by Crippen LogP contribution is 2.18. The minimum Gasteiger partial charge on any atom is -0.394 e. The molecule has 4 unspecified atom stereocenters. The van der Waals surface area contributed by atoms with Crippen LogP contribution in [0.4, 0.5) is 0 Å². The standard InChI is InChI=1S/C52H103NO5/c1-3-5-7-9-11-13-15-17-19-21-23-24-25-26-28-30-32-34-36-38-40-42-44-46-50(56)52(58)53-48(47-54)51(57)49(55)45-43-41-39-37-35-33-31-29-27-22-20-18-16-14-12-10-8-6-4-2/h26,28,48-51,54-57H,3-25,27,29-47H2,1-2H3,(H,53,58)/b28-26-. The van der Waals surface area contributed by atoms with Crippen molar-refractivity contribution >= 4 is 5.91 Å². The van der Waals surface area contributed by atoms with E-state index in [9.17, 15) is 25.2 Å². The SMILES string of the molecule is CCCCCCCCCCCCCC/C=C\CCCCCCCCCC(O)C(=O)NC(CO)C(O)C(O)CCCCCCCCCCCCCCCCCCCCC. The highest BCUT2D eigenvalue weighted by Gasteiger charge is 2.28. The van der Waals surface area contributed by atoms with E-state index in [0.717, 1.165) is 38.5 Å². The van der Waals surface area contributed by atoms with Gasteiger partial charge in [-0.15, -0.1) is 0 Å². The van der Waals surface area contributed by atoms with Gasteiger partial charge in [-0.2, -0.15) is 0 Å². The number of rotatable bonds is 48. The molecule has 0 rings (SSSR count). The normalized spacial score (nSPS) is 14.0. The van der Waals surface area contributed by atoms with Gasteiger partial charge in [-0.3, -0.25) is 4.79 Å². The van der Waals surface area contributed by atoms with Gasteiger partial charge in [-0.25, -0.2) is 0 Å². The van der Waals surface area contributed by atoms with Crippen molar-refractivity contribution < 1.29 is 25.2 Å². The lowest BCUT2D eigenvalue weighted by atomic mass is 9.99. The number of unbranched alkanes of at least 4 members (excludes halogenated alkanes) is 37. The third-order valence-electron chi connectivity index (χ3n) is 12.5. The molecule has 6 nitrogen and oxygen atoms in total. The van der Waals surface area contributed by atoms with Crippen molar-refractivity contribution in [3.05, 3.63) is 12.2 Å². The summed E-state index contributed by atoms with van der Waals surface area (Å²) < 4.78 is 0. The van der Waals surface area contributed by atoms with Crippen LogP contribution in [-0.2, 0) is 4.79 Å². The van der Waals surface area contributed by atoms with Gasteiger partial charge in [0.25, 0.3) is 0 Å². The highest BCUT2D eigenvalue weighted by atomic mass is 16.3. The second kappa shape index (κ2) is 47.1. The van der Waals surface area contributed by atoms with Crippen LogP contribution >= 0.6 is 0 Å². The van der Waals surface area contributed by atoms with Crippen LogP contribution in [0.2, 0.25) is 0 Å². The van der Waals surface area contributed by atoms with Crippen LogP contribution in [0.15, 0.2) is 12.2 Å². The Labute approximate surface area is 362 Å². The summed E-state index contributed by atoms with van der Waals surface area (Å²) in [7, 11) is 0. The Morgan fingerprint density at radius 1 is 0.414 bits per heavy atom. The van der Waals surface area contributed by atoms with Gasteiger partial charge in [0, 0.05) is 0 Å². The molecular weight excluding hydrogens is 719 g/mol. The van der Waals surface area contributed by atoms with E-state index < -0.39 is 36.9 Å². The van der Waals surface area contributed by atoms with Crippen LogP contribution in [0.3, 0.4) is 0 Å². The van der Waals surface area contributed by atoms with Crippen LogP contribution in [0.1, 0.15) is 284 Å². The number of carbonyl (C=O) groups is 1. The molecule has 0 aromatic carbocycles. The number of allylic oxidation sites excluding steroid dienone is 2. The summed E-state index contributed by atoms with van der Waals surface area (Å²) in [5, 5.41) is 43.9. The predicted octanol–water partition coefficient (Wildman–Crippen LogP) is 14.5. The molecule has 0 aliphatic carbocycles. The predicted molar refractivity (Wildman–Crippen MR) is 251 cm³/mol. The van der Waals surface area contributed by atoms with Gasteiger partial charge in [-0.1, -0.05) is 257 Å². The second-order valence-electron chi connectivity index (χ2n) is 18.2. The van der Waals surface area contributed by atoms with E-state index in [1.165, 1.54) is 218 Å². The third-order valence-corrected chi connectivity index (χ3v) is 12.5. The molecule has 346 valence electrons. The fraction of sp³-hybridized carbons (Fsp3) is 0.942. The molecule has 6 heteroatoms. The van der Waals surface area contributed by atoms with Crippen LogP contribution in [0.5, 0.6) is 0 Å². The lowest BCUT2D eigenvalue weighted by Gasteiger charge is -2.27. The van der Waals surface area contributed by atoms with Crippen molar-refractivity contribution in [2.24, 2.45) is 0 Å². The maximum Gasteiger partial charge on any atom is 0.249 e. The number of aliphatic hydroxyl groups excluding tert-OH is 4. The van der Waals surface area contributed by atoms with Gasteiger partial charge >= 0.3 is 0 Å². The Morgan fingerprint density at radius 3 is 1.00 bits per heavy atom. The van der Waals surface area contributed by atoms with E-state index in [1.54, 1.807) is 0 Å². The van der Waals surface area contributed by atoms with Crippen molar-refractivity contribution in [2.45, 2.75) is 308 Å². The topological polar surface area (TPSA) is 110 Å². The van der Waals surface area contributed by atoms with E-state index >= 15 is 0 Å². The molecule has 0 heterocycles. The summed E-state index contributed by atoms with van der Waals surface area (Å²) in [6, 6.07) is -0.985. The Hall–Kier alpha value is -0.950. The molecule has 0 aromatic rings. The number of hydrogen-bond donors (Lipinski definition) is 5. The van der Waals surface area contributed by atoms with Gasteiger partial charge < -0.3 is 25.7 Å². The molecule has 0 radical (unpaired) electrons. The zero-order valence-corrected chi connectivity index (χ0v) is 39.1. The summed E-state index contributed by atoms with van der Waals surface area (Å²) >= 11 is 0. The minimum atomic E-state index is -1.26.